The molecule has 0 aromatic heterocycles. The third-order valence-electron chi connectivity index (χ3n) is 3.22. The number of aryl methyl sites for hydroxylation is 3. The largest absolute Gasteiger partial charge is 0.376 e. The second-order valence-electron chi connectivity index (χ2n) is 5.04. The van der Waals surface area contributed by atoms with Gasteiger partial charge in [-0.05, 0) is 49.6 Å². The Balaban J connectivity index is 1.96. The molecule has 2 aromatic rings. The van der Waals surface area contributed by atoms with Gasteiger partial charge in [0, 0.05) is 11.4 Å². The monoisotopic (exact) mass is 268 g/mol. The Morgan fingerprint density at radius 2 is 1.65 bits per heavy atom. The van der Waals surface area contributed by atoms with E-state index in [1.807, 2.05) is 63.2 Å². The molecule has 2 N–H and O–H groups in total. The Labute approximate surface area is 120 Å². The molecule has 2 aromatic carbocycles. The highest BCUT2D eigenvalue weighted by Gasteiger charge is 2.06. The van der Waals surface area contributed by atoms with E-state index < -0.39 is 0 Å². The van der Waals surface area contributed by atoms with Gasteiger partial charge in [0.2, 0.25) is 5.91 Å². The van der Waals surface area contributed by atoms with Crippen LogP contribution in [0.15, 0.2) is 42.5 Å². The number of carbonyl (C=O) groups excluding carboxylic acids is 1. The minimum Gasteiger partial charge on any atom is -0.376 e. The molecule has 0 saturated heterocycles. The van der Waals surface area contributed by atoms with Crippen LogP contribution in [0, 0.1) is 20.8 Å². The number of hydrogen-bond acceptors (Lipinski definition) is 2. The highest BCUT2D eigenvalue weighted by atomic mass is 16.1. The smallest absolute Gasteiger partial charge is 0.243 e. The minimum absolute atomic E-state index is 0.0380. The maximum absolute atomic E-state index is 12.0. The molecule has 0 unspecified atom stereocenters. The summed E-state index contributed by atoms with van der Waals surface area (Å²) in [4.78, 5) is 12.0. The summed E-state index contributed by atoms with van der Waals surface area (Å²) in [5, 5.41) is 6.09. The van der Waals surface area contributed by atoms with Crippen LogP contribution in [0.1, 0.15) is 16.7 Å². The lowest BCUT2D eigenvalue weighted by molar-refractivity contribution is -0.114. The van der Waals surface area contributed by atoms with Crippen molar-refractivity contribution in [3.8, 4) is 0 Å². The van der Waals surface area contributed by atoms with Gasteiger partial charge in [0.1, 0.15) is 0 Å². The zero-order valence-electron chi connectivity index (χ0n) is 12.2. The summed E-state index contributed by atoms with van der Waals surface area (Å²) in [6, 6.07) is 14.0. The van der Waals surface area contributed by atoms with Crippen LogP contribution in [0.2, 0.25) is 0 Å². The molecule has 1 amide bonds. The van der Waals surface area contributed by atoms with Crippen LogP contribution in [0.25, 0.3) is 0 Å². The highest BCUT2D eigenvalue weighted by molar-refractivity contribution is 5.95. The van der Waals surface area contributed by atoms with Crippen LogP contribution in [-0.2, 0) is 4.79 Å². The lowest BCUT2D eigenvalue weighted by atomic mass is 10.1. The molecule has 0 bridgehead atoms. The van der Waals surface area contributed by atoms with Crippen LogP contribution < -0.4 is 10.6 Å². The summed E-state index contributed by atoms with van der Waals surface area (Å²) in [6.45, 7) is 6.28. The van der Waals surface area contributed by atoms with Crippen LogP contribution in [0.3, 0.4) is 0 Å². The van der Waals surface area contributed by atoms with Crippen molar-refractivity contribution in [1.82, 2.24) is 0 Å². The van der Waals surface area contributed by atoms with Gasteiger partial charge in [0.05, 0.1) is 6.54 Å². The Morgan fingerprint density at radius 3 is 2.30 bits per heavy atom. The van der Waals surface area contributed by atoms with Crippen LogP contribution in [0.4, 0.5) is 11.4 Å². The molecule has 0 aliphatic rings. The second-order valence-corrected chi connectivity index (χ2v) is 5.04. The van der Waals surface area contributed by atoms with Crippen molar-refractivity contribution in [2.75, 3.05) is 17.2 Å². The molecule has 0 atom stereocenters. The number of nitrogens with one attached hydrogen (secondary N) is 2. The van der Waals surface area contributed by atoms with Crippen molar-refractivity contribution >= 4 is 17.3 Å². The summed E-state index contributed by atoms with van der Waals surface area (Å²) < 4.78 is 0. The fourth-order valence-electron chi connectivity index (χ4n) is 2.13. The second kappa shape index (κ2) is 6.24. The Morgan fingerprint density at radius 1 is 1.00 bits per heavy atom. The zero-order chi connectivity index (χ0) is 14.5. The predicted octanol–water partition coefficient (Wildman–Crippen LogP) is 3.66. The first kappa shape index (κ1) is 14.1. The predicted molar refractivity (Wildman–Crippen MR) is 84.2 cm³/mol. The van der Waals surface area contributed by atoms with Gasteiger partial charge >= 0.3 is 0 Å². The maximum atomic E-state index is 12.0. The maximum Gasteiger partial charge on any atom is 0.243 e. The van der Waals surface area contributed by atoms with Gasteiger partial charge in [-0.15, -0.1) is 0 Å². The van der Waals surface area contributed by atoms with E-state index in [9.17, 15) is 4.79 Å². The number of carbonyl (C=O) groups is 1. The molecule has 104 valence electrons. The molecule has 0 saturated carbocycles. The molecule has 0 heterocycles. The summed E-state index contributed by atoms with van der Waals surface area (Å²) in [6.07, 6.45) is 0. The number of para-hydroxylation sites is 1. The lowest BCUT2D eigenvalue weighted by Crippen LogP contribution is -2.22. The van der Waals surface area contributed by atoms with Crippen molar-refractivity contribution in [2.24, 2.45) is 0 Å². The van der Waals surface area contributed by atoms with E-state index in [1.165, 1.54) is 5.56 Å². The van der Waals surface area contributed by atoms with Crippen LogP contribution in [-0.4, -0.2) is 12.5 Å². The average Bonchev–Trinajstić information content (AvgIpc) is 2.41. The Kier molecular flexibility index (Phi) is 4.41. The van der Waals surface area contributed by atoms with Crippen LogP contribution >= 0.6 is 0 Å². The molecular formula is C17H20N2O. The van der Waals surface area contributed by atoms with E-state index in [1.54, 1.807) is 0 Å². The van der Waals surface area contributed by atoms with Crippen LogP contribution in [0.5, 0.6) is 0 Å². The summed E-state index contributed by atoms with van der Waals surface area (Å²) in [7, 11) is 0. The Hall–Kier alpha value is -2.29. The van der Waals surface area contributed by atoms with Crippen molar-refractivity contribution < 1.29 is 4.79 Å². The first-order chi connectivity index (χ1) is 9.56. The molecule has 2 rings (SSSR count). The first-order valence-electron chi connectivity index (χ1n) is 6.73. The third kappa shape index (κ3) is 3.60. The molecule has 20 heavy (non-hydrogen) atoms. The molecule has 3 nitrogen and oxygen atoms in total. The zero-order valence-corrected chi connectivity index (χ0v) is 12.2. The number of benzene rings is 2. The van der Waals surface area contributed by atoms with Gasteiger partial charge in [-0.25, -0.2) is 0 Å². The van der Waals surface area contributed by atoms with Gasteiger partial charge in [0.25, 0.3) is 0 Å². The van der Waals surface area contributed by atoms with Crippen molar-refractivity contribution in [3.05, 3.63) is 59.2 Å². The minimum atomic E-state index is -0.0380. The standard InChI is InChI=1S/C17H20N2O/c1-12-6-4-9-15(10-12)18-11-16(20)19-17-13(2)7-5-8-14(17)3/h4-10,18H,11H2,1-3H3,(H,19,20). The molecule has 0 spiro atoms. The highest BCUT2D eigenvalue weighted by Crippen LogP contribution is 2.19. The van der Waals surface area contributed by atoms with Gasteiger partial charge < -0.3 is 10.6 Å². The van der Waals surface area contributed by atoms with E-state index in [4.69, 9.17) is 0 Å². The van der Waals surface area contributed by atoms with E-state index in [0.717, 1.165) is 22.5 Å². The SMILES string of the molecule is Cc1cccc(NCC(=O)Nc2c(C)cccc2C)c1. The Bertz CT molecular complexity index is 600. The van der Waals surface area contributed by atoms with Gasteiger partial charge in [0.15, 0.2) is 0 Å². The van der Waals surface area contributed by atoms with E-state index >= 15 is 0 Å². The molecule has 0 fully saturated rings. The number of hydrogen-bond donors (Lipinski definition) is 2. The lowest BCUT2D eigenvalue weighted by Gasteiger charge is -2.12. The van der Waals surface area contributed by atoms with Crippen molar-refractivity contribution in [2.45, 2.75) is 20.8 Å². The van der Waals surface area contributed by atoms with E-state index in [0.29, 0.717) is 0 Å². The molecular weight excluding hydrogens is 248 g/mol. The van der Waals surface area contributed by atoms with Gasteiger partial charge in [-0.2, -0.15) is 0 Å². The normalized spacial score (nSPS) is 10.2. The quantitative estimate of drug-likeness (QED) is 0.888. The fraction of sp³-hybridized carbons (Fsp3) is 0.235. The van der Waals surface area contributed by atoms with E-state index in [-0.39, 0.29) is 12.5 Å². The molecule has 0 aliphatic heterocycles. The fourth-order valence-corrected chi connectivity index (χ4v) is 2.13. The number of rotatable bonds is 4. The summed E-state index contributed by atoms with van der Waals surface area (Å²) in [5.74, 6) is -0.0380. The summed E-state index contributed by atoms with van der Waals surface area (Å²) >= 11 is 0. The van der Waals surface area contributed by atoms with Crippen molar-refractivity contribution in [3.63, 3.8) is 0 Å². The first-order valence-corrected chi connectivity index (χ1v) is 6.73. The van der Waals surface area contributed by atoms with Gasteiger partial charge in [-0.1, -0.05) is 30.3 Å². The third-order valence-corrected chi connectivity index (χ3v) is 3.22. The van der Waals surface area contributed by atoms with Gasteiger partial charge in [-0.3, -0.25) is 4.79 Å². The van der Waals surface area contributed by atoms with Crippen molar-refractivity contribution in [1.29, 1.82) is 0 Å². The molecule has 0 aliphatic carbocycles. The molecule has 0 radical (unpaired) electrons. The average molecular weight is 268 g/mol. The summed E-state index contributed by atoms with van der Waals surface area (Å²) in [5.41, 5.74) is 5.19. The molecule has 3 heteroatoms. The topological polar surface area (TPSA) is 41.1 Å². The number of amides is 1. The van der Waals surface area contributed by atoms with E-state index in [2.05, 4.69) is 10.6 Å². The number of anilines is 2.